The highest BCUT2D eigenvalue weighted by Gasteiger charge is 2.21. The normalized spacial score (nSPS) is 11.2. The number of benzene rings is 1. The first-order chi connectivity index (χ1) is 12.6. The van der Waals surface area contributed by atoms with Crippen LogP contribution in [0.25, 0.3) is 11.4 Å². The summed E-state index contributed by atoms with van der Waals surface area (Å²) in [4.78, 5) is 13.1. The molecule has 9 heteroatoms. The van der Waals surface area contributed by atoms with Crippen LogP contribution in [0.5, 0.6) is 0 Å². The molecule has 1 N–H and O–H groups in total. The largest absolute Gasteiger partial charge is 0.396 e. The maximum Gasteiger partial charge on any atom is 0.297 e. The van der Waals surface area contributed by atoms with E-state index >= 15 is 0 Å². The van der Waals surface area contributed by atoms with Crippen LogP contribution >= 0.6 is 11.8 Å². The van der Waals surface area contributed by atoms with E-state index in [1.54, 1.807) is 4.68 Å². The third kappa shape index (κ3) is 3.58. The molecular formula is C17H22N6O2S. The van der Waals surface area contributed by atoms with Gasteiger partial charge in [-0.1, -0.05) is 36.4 Å². The molecule has 26 heavy (non-hydrogen) atoms. The van der Waals surface area contributed by atoms with Crippen molar-refractivity contribution in [1.29, 1.82) is 0 Å². The smallest absolute Gasteiger partial charge is 0.297 e. The topological polar surface area (TPSA) is 90.8 Å². The van der Waals surface area contributed by atoms with E-state index in [2.05, 4.69) is 15.5 Å². The van der Waals surface area contributed by atoms with Crippen LogP contribution in [0.1, 0.15) is 25.0 Å². The number of hydrogen-bond donors (Lipinski definition) is 1. The number of aliphatic hydroxyl groups excluding tert-OH is 1. The van der Waals surface area contributed by atoms with Gasteiger partial charge in [-0.2, -0.15) is 4.68 Å². The van der Waals surface area contributed by atoms with Gasteiger partial charge in [-0.3, -0.25) is 9.48 Å². The van der Waals surface area contributed by atoms with Gasteiger partial charge in [0.25, 0.3) is 5.56 Å². The van der Waals surface area contributed by atoms with Gasteiger partial charge < -0.3 is 5.11 Å². The summed E-state index contributed by atoms with van der Waals surface area (Å²) in [5.41, 5.74) is 1.87. The monoisotopic (exact) mass is 374 g/mol. The zero-order valence-electron chi connectivity index (χ0n) is 14.9. The fourth-order valence-electron chi connectivity index (χ4n) is 2.76. The van der Waals surface area contributed by atoms with Crippen LogP contribution in [-0.2, 0) is 7.05 Å². The van der Waals surface area contributed by atoms with E-state index in [1.165, 1.54) is 16.4 Å². The average molecular weight is 374 g/mol. The minimum Gasteiger partial charge on any atom is -0.396 e. The maximum absolute atomic E-state index is 13.1. The highest BCUT2D eigenvalue weighted by Crippen LogP contribution is 2.21. The van der Waals surface area contributed by atoms with Gasteiger partial charge >= 0.3 is 0 Å². The number of aliphatic hydroxyl groups is 1. The van der Waals surface area contributed by atoms with Gasteiger partial charge in [0, 0.05) is 19.4 Å². The van der Waals surface area contributed by atoms with Crippen molar-refractivity contribution in [3.8, 4) is 11.4 Å². The molecule has 0 saturated carbocycles. The third-order valence-corrected chi connectivity index (χ3v) is 5.22. The molecule has 3 aromatic rings. The third-order valence-electron chi connectivity index (χ3n) is 4.21. The first kappa shape index (κ1) is 18.4. The van der Waals surface area contributed by atoms with E-state index in [4.69, 9.17) is 5.11 Å². The SMILES string of the molecule is Cc1c(-n2nnnc2SCCCCCO)c(=O)n(-c2ccccc2)n1C. The Morgan fingerprint density at radius 3 is 2.65 bits per heavy atom. The molecule has 0 spiro atoms. The Kier molecular flexibility index (Phi) is 5.89. The Morgan fingerprint density at radius 2 is 1.92 bits per heavy atom. The number of aromatic nitrogens is 6. The molecule has 1 aromatic carbocycles. The van der Waals surface area contributed by atoms with E-state index in [1.807, 2.05) is 49.0 Å². The molecule has 0 aliphatic carbocycles. The van der Waals surface area contributed by atoms with Crippen LogP contribution in [0, 0.1) is 6.92 Å². The lowest BCUT2D eigenvalue weighted by Crippen LogP contribution is -2.22. The van der Waals surface area contributed by atoms with Crippen LogP contribution in [0.2, 0.25) is 0 Å². The van der Waals surface area contributed by atoms with Crippen LogP contribution < -0.4 is 5.56 Å². The van der Waals surface area contributed by atoms with Crippen LogP contribution in [-0.4, -0.2) is 47.0 Å². The van der Waals surface area contributed by atoms with Crippen molar-refractivity contribution in [2.45, 2.75) is 31.3 Å². The van der Waals surface area contributed by atoms with Crippen LogP contribution in [0.15, 0.2) is 40.3 Å². The summed E-state index contributed by atoms with van der Waals surface area (Å²) in [6.45, 7) is 2.10. The lowest BCUT2D eigenvalue weighted by atomic mass is 10.3. The van der Waals surface area contributed by atoms with E-state index in [0.29, 0.717) is 10.8 Å². The number of thioether (sulfide) groups is 1. The number of nitrogens with zero attached hydrogens (tertiary/aromatic N) is 6. The molecule has 0 radical (unpaired) electrons. The zero-order chi connectivity index (χ0) is 18.5. The molecule has 0 aliphatic rings. The molecule has 0 bridgehead atoms. The first-order valence-electron chi connectivity index (χ1n) is 8.51. The molecule has 138 valence electrons. The molecular weight excluding hydrogens is 352 g/mol. The fourth-order valence-corrected chi connectivity index (χ4v) is 3.64. The number of para-hydroxylation sites is 1. The van der Waals surface area contributed by atoms with Crippen molar-refractivity contribution in [1.82, 2.24) is 29.6 Å². The Hall–Kier alpha value is -2.39. The molecule has 2 heterocycles. The Morgan fingerprint density at radius 1 is 1.15 bits per heavy atom. The molecule has 2 aromatic heterocycles. The summed E-state index contributed by atoms with van der Waals surface area (Å²) >= 11 is 1.52. The Balaban J connectivity index is 1.92. The predicted molar refractivity (Wildman–Crippen MR) is 100 cm³/mol. The highest BCUT2D eigenvalue weighted by atomic mass is 32.2. The maximum atomic E-state index is 13.1. The van der Waals surface area contributed by atoms with E-state index < -0.39 is 0 Å². The second-order valence-electron chi connectivity index (χ2n) is 5.92. The lowest BCUT2D eigenvalue weighted by molar-refractivity contribution is 0.284. The fraction of sp³-hybridized carbons (Fsp3) is 0.412. The molecule has 8 nitrogen and oxygen atoms in total. The standard InChI is InChI=1S/C17H22N6O2S/c1-13-15(16(25)23(21(13)2)14-9-5-3-6-10-14)22-17(18-19-20-22)26-12-8-4-7-11-24/h3,5-6,9-10,24H,4,7-8,11-12H2,1-2H3. The molecule has 3 rings (SSSR count). The van der Waals surface area contributed by atoms with Crippen molar-refractivity contribution in [2.75, 3.05) is 12.4 Å². The summed E-state index contributed by atoms with van der Waals surface area (Å²) in [7, 11) is 1.85. The molecule has 0 aliphatic heterocycles. The Labute approximate surface area is 155 Å². The van der Waals surface area contributed by atoms with Crippen LogP contribution in [0.4, 0.5) is 0 Å². The Bertz CT molecular complexity index is 915. The molecule has 0 atom stereocenters. The predicted octanol–water partition coefficient (Wildman–Crippen LogP) is 1.71. The van der Waals surface area contributed by atoms with Crippen molar-refractivity contribution >= 4 is 11.8 Å². The second kappa shape index (κ2) is 8.33. The van der Waals surface area contributed by atoms with Gasteiger partial charge in [-0.05, 0) is 42.3 Å². The second-order valence-corrected chi connectivity index (χ2v) is 6.98. The van der Waals surface area contributed by atoms with Gasteiger partial charge in [0.1, 0.15) is 0 Å². The zero-order valence-corrected chi connectivity index (χ0v) is 15.7. The van der Waals surface area contributed by atoms with Crippen LogP contribution in [0.3, 0.4) is 0 Å². The van der Waals surface area contributed by atoms with E-state index in [-0.39, 0.29) is 12.2 Å². The van der Waals surface area contributed by atoms with Gasteiger partial charge in [0.15, 0.2) is 5.69 Å². The summed E-state index contributed by atoms with van der Waals surface area (Å²) in [5.74, 6) is 0.832. The minimum absolute atomic E-state index is 0.161. The minimum atomic E-state index is -0.161. The number of hydrogen-bond acceptors (Lipinski definition) is 6. The average Bonchev–Trinajstić information content (AvgIpc) is 3.18. The quantitative estimate of drug-likeness (QED) is 0.477. The molecule has 0 saturated heterocycles. The van der Waals surface area contributed by atoms with Crippen molar-refractivity contribution in [3.63, 3.8) is 0 Å². The summed E-state index contributed by atoms with van der Waals surface area (Å²) in [6.07, 6.45) is 2.71. The lowest BCUT2D eigenvalue weighted by Gasteiger charge is -2.07. The summed E-state index contributed by atoms with van der Waals surface area (Å²) < 4.78 is 4.94. The summed E-state index contributed by atoms with van der Waals surface area (Å²) in [6, 6.07) is 9.49. The molecule has 0 fully saturated rings. The van der Waals surface area contributed by atoms with Gasteiger partial charge in [0.05, 0.1) is 11.4 Å². The van der Waals surface area contributed by atoms with Crippen molar-refractivity contribution in [2.24, 2.45) is 7.05 Å². The molecule has 0 unspecified atom stereocenters. The van der Waals surface area contributed by atoms with Gasteiger partial charge in [0.2, 0.25) is 5.16 Å². The number of rotatable bonds is 8. The van der Waals surface area contributed by atoms with Crippen molar-refractivity contribution < 1.29 is 5.11 Å². The number of unbranched alkanes of at least 4 members (excludes halogenated alkanes) is 2. The van der Waals surface area contributed by atoms with E-state index in [0.717, 1.165) is 36.4 Å². The number of tetrazole rings is 1. The van der Waals surface area contributed by atoms with Gasteiger partial charge in [-0.15, -0.1) is 5.10 Å². The molecule has 0 amide bonds. The van der Waals surface area contributed by atoms with Crippen molar-refractivity contribution in [3.05, 3.63) is 46.4 Å². The highest BCUT2D eigenvalue weighted by molar-refractivity contribution is 7.99. The summed E-state index contributed by atoms with van der Waals surface area (Å²) in [5, 5.41) is 21.3. The first-order valence-corrected chi connectivity index (χ1v) is 9.50. The van der Waals surface area contributed by atoms with E-state index in [9.17, 15) is 4.79 Å². The van der Waals surface area contributed by atoms with Gasteiger partial charge in [-0.25, -0.2) is 4.68 Å².